The van der Waals surface area contributed by atoms with Gasteiger partial charge in [-0.05, 0) is 19.3 Å². The highest BCUT2D eigenvalue weighted by atomic mass is 16.5. The molecule has 5 nitrogen and oxygen atoms in total. The van der Waals surface area contributed by atoms with Crippen LogP contribution in [0.15, 0.2) is 12.4 Å². The van der Waals surface area contributed by atoms with Gasteiger partial charge in [-0.3, -0.25) is 0 Å². The second-order valence-electron chi connectivity index (χ2n) is 4.65. The Hall–Kier alpha value is -1.36. The normalized spacial score (nSPS) is 24.8. The van der Waals surface area contributed by atoms with Crippen LogP contribution in [0.4, 0.5) is 5.82 Å². The molecule has 0 aromatic carbocycles. The van der Waals surface area contributed by atoms with E-state index in [4.69, 9.17) is 10.5 Å². The Morgan fingerprint density at radius 3 is 3.00 bits per heavy atom. The van der Waals surface area contributed by atoms with Crippen LogP contribution in [0.3, 0.4) is 0 Å². The molecule has 0 bridgehead atoms. The average molecular weight is 236 g/mol. The third kappa shape index (κ3) is 3.06. The van der Waals surface area contributed by atoms with Crippen molar-refractivity contribution in [2.45, 2.75) is 26.3 Å². The number of nitrogens with two attached hydrogens (primary N) is 1. The number of nitrogens with zero attached hydrogens (tertiary/aromatic N) is 3. The molecule has 1 aliphatic rings. The number of anilines is 1. The third-order valence-corrected chi connectivity index (χ3v) is 2.94. The lowest BCUT2D eigenvalue weighted by molar-refractivity contribution is 0.325. The van der Waals surface area contributed by atoms with Gasteiger partial charge in [0.2, 0.25) is 5.88 Å². The maximum absolute atomic E-state index is 6.03. The first-order valence-electron chi connectivity index (χ1n) is 6.14. The number of ether oxygens (including phenoxy) is 1. The fourth-order valence-electron chi connectivity index (χ4n) is 2.32. The highest BCUT2D eigenvalue weighted by molar-refractivity contribution is 5.41. The van der Waals surface area contributed by atoms with E-state index in [1.54, 1.807) is 6.33 Å². The monoisotopic (exact) mass is 236 g/mol. The predicted octanol–water partition coefficient (Wildman–Crippen LogP) is 1.05. The van der Waals surface area contributed by atoms with Crippen molar-refractivity contribution >= 4 is 5.82 Å². The van der Waals surface area contributed by atoms with Crippen molar-refractivity contribution in [3.05, 3.63) is 12.4 Å². The van der Waals surface area contributed by atoms with Crippen molar-refractivity contribution in [3.8, 4) is 5.88 Å². The van der Waals surface area contributed by atoms with E-state index in [1.807, 2.05) is 13.0 Å². The van der Waals surface area contributed by atoms with E-state index in [0.29, 0.717) is 18.4 Å². The topological polar surface area (TPSA) is 64.3 Å². The number of piperidine rings is 1. The van der Waals surface area contributed by atoms with E-state index in [1.165, 1.54) is 0 Å². The minimum absolute atomic E-state index is 0.226. The summed E-state index contributed by atoms with van der Waals surface area (Å²) in [5, 5.41) is 0. The molecule has 0 radical (unpaired) electrons. The van der Waals surface area contributed by atoms with Gasteiger partial charge < -0.3 is 15.4 Å². The van der Waals surface area contributed by atoms with Crippen LogP contribution < -0.4 is 15.4 Å². The molecule has 1 aromatic heterocycles. The van der Waals surface area contributed by atoms with Crippen molar-refractivity contribution in [2.75, 3.05) is 24.6 Å². The van der Waals surface area contributed by atoms with Gasteiger partial charge in [-0.1, -0.05) is 6.92 Å². The Balaban J connectivity index is 2.12. The molecular formula is C12H20N4O. The van der Waals surface area contributed by atoms with Gasteiger partial charge in [0.25, 0.3) is 0 Å². The smallest absolute Gasteiger partial charge is 0.218 e. The van der Waals surface area contributed by atoms with Crippen LogP contribution in [0.2, 0.25) is 0 Å². The SMILES string of the molecule is CCOc1cc(N2CC(C)CC(N)C2)ncn1. The molecule has 1 aliphatic heterocycles. The van der Waals surface area contributed by atoms with Crippen LogP contribution in [0.25, 0.3) is 0 Å². The molecule has 0 spiro atoms. The summed E-state index contributed by atoms with van der Waals surface area (Å²) >= 11 is 0. The summed E-state index contributed by atoms with van der Waals surface area (Å²) < 4.78 is 5.38. The van der Waals surface area contributed by atoms with Crippen molar-refractivity contribution in [1.29, 1.82) is 0 Å². The molecular weight excluding hydrogens is 216 g/mol. The van der Waals surface area contributed by atoms with Gasteiger partial charge in [0.05, 0.1) is 6.61 Å². The van der Waals surface area contributed by atoms with E-state index < -0.39 is 0 Å². The molecule has 0 saturated carbocycles. The molecule has 1 aromatic rings. The van der Waals surface area contributed by atoms with Crippen molar-refractivity contribution in [2.24, 2.45) is 11.7 Å². The van der Waals surface area contributed by atoms with E-state index in [2.05, 4.69) is 21.8 Å². The molecule has 2 atom stereocenters. The summed E-state index contributed by atoms with van der Waals surface area (Å²) in [6.07, 6.45) is 2.63. The molecule has 1 saturated heterocycles. The average Bonchev–Trinajstić information content (AvgIpc) is 2.28. The van der Waals surface area contributed by atoms with Crippen LogP contribution >= 0.6 is 0 Å². The zero-order valence-corrected chi connectivity index (χ0v) is 10.5. The number of aromatic nitrogens is 2. The van der Waals surface area contributed by atoms with Gasteiger partial charge in [0.1, 0.15) is 12.1 Å². The Bertz CT molecular complexity index is 361. The molecule has 94 valence electrons. The van der Waals surface area contributed by atoms with E-state index in [9.17, 15) is 0 Å². The molecule has 5 heteroatoms. The van der Waals surface area contributed by atoms with Gasteiger partial charge in [-0.2, -0.15) is 0 Å². The van der Waals surface area contributed by atoms with Gasteiger partial charge in [0, 0.05) is 25.2 Å². The van der Waals surface area contributed by atoms with E-state index >= 15 is 0 Å². The summed E-state index contributed by atoms with van der Waals surface area (Å²) in [6.45, 7) is 6.63. The lowest BCUT2D eigenvalue weighted by Crippen LogP contribution is -2.46. The number of rotatable bonds is 3. The van der Waals surface area contributed by atoms with Crippen molar-refractivity contribution in [1.82, 2.24) is 9.97 Å². The minimum Gasteiger partial charge on any atom is -0.478 e. The highest BCUT2D eigenvalue weighted by Gasteiger charge is 2.23. The highest BCUT2D eigenvalue weighted by Crippen LogP contribution is 2.22. The van der Waals surface area contributed by atoms with Crippen LogP contribution in [0.1, 0.15) is 20.3 Å². The maximum Gasteiger partial charge on any atom is 0.218 e. The number of hydrogen-bond acceptors (Lipinski definition) is 5. The molecule has 2 heterocycles. The maximum atomic E-state index is 6.03. The van der Waals surface area contributed by atoms with E-state index in [0.717, 1.165) is 25.3 Å². The summed E-state index contributed by atoms with van der Waals surface area (Å²) in [7, 11) is 0. The lowest BCUT2D eigenvalue weighted by atomic mass is 9.97. The Morgan fingerprint density at radius 2 is 2.29 bits per heavy atom. The number of hydrogen-bond donors (Lipinski definition) is 1. The van der Waals surface area contributed by atoms with Crippen LogP contribution in [-0.4, -0.2) is 35.7 Å². The predicted molar refractivity (Wildman–Crippen MR) is 67.2 cm³/mol. The molecule has 17 heavy (non-hydrogen) atoms. The largest absolute Gasteiger partial charge is 0.478 e. The van der Waals surface area contributed by atoms with Gasteiger partial charge >= 0.3 is 0 Å². The van der Waals surface area contributed by atoms with Crippen molar-refractivity contribution < 1.29 is 4.74 Å². The van der Waals surface area contributed by atoms with E-state index in [-0.39, 0.29) is 6.04 Å². The Morgan fingerprint density at radius 1 is 1.47 bits per heavy atom. The molecule has 0 amide bonds. The second-order valence-corrected chi connectivity index (χ2v) is 4.65. The zero-order valence-electron chi connectivity index (χ0n) is 10.5. The van der Waals surface area contributed by atoms with Gasteiger partial charge in [-0.15, -0.1) is 0 Å². The molecule has 1 fully saturated rings. The van der Waals surface area contributed by atoms with Crippen LogP contribution in [0, 0.1) is 5.92 Å². The van der Waals surface area contributed by atoms with Crippen molar-refractivity contribution in [3.63, 3.8) is 0 Å². The summed E-state index contributed by atoms with van der Waals surface area (Å²) in [5.74, 6) is 2.14. The lowest BCUT2D eigenvalue weighted by Gasteiger charge is -2.35. The van der Waals surface area contributed by atoms with Gasteiger partial charge in [0.15, 0.2) is 0 Å². The van der Waals surface area contributed by atoms with Gasteiger partial charge in [-0.25, -0.2) is 9.97 Å². The molecule has 2 unspecified atom stereocenters. The molecule has 2 rings (SSSR count). The van der Waals surface area contributed by atoms with Crippen LogP contribution in [-0.2, 0) is 0 Å². The fourth-order valence-corrected chi connectivity index (χ4v) is 2.32. The summed E-state index contributed by atoms with van der Waals surface area (Å²) in [6, 6.07) is 2.11. The summed E-state index contributed by atoms with van der Waals surface area (Å²) in [4.78, 5) is 10.6. The first kappa shape index (κ1) is 12.1. The Labute approximate surface area is 102 Å². The standard InChI is InChI=1S/C12H20N4O/c1-3-17-12-5-11(14-8-15-12)16-6-9(2)4-10(13)7-16/h5,8-10H,3-4,6-7,13H2,1-2H3. The fraction of sp³-hybridized carbons (Fsp3) is 0.667. The Kier molecular flexibility index (Phi) is 3.78. The molecule has 2 N–H and O–H groups in total. The quantitative estimate of drug-likeness (QED) is 0.849. The zero-order chi connectivity index (χ0) is 12.3. The third-order valence-electron chi connectivity index (χ3n) is 2.94. The second kappa shape index (κ2) is 5.31. The first-order chi connectivity index (χ1) is 8.19. The first-order valence-corrected chi connectivity index (χ1v) is 6.14. The summed E-state index contributed by atoms with van der Waals surface area (Å²) in [5.41, 5.74) is 6.03. The van der Waals surface area contributed by atoms with Crippen LogP contribution in [0.5, 0.6) is 5.88 Å². The molecule has 0 aliphatic carbocycles. The minimum atomic E-state index is 0.226.